The Hall–Kier alpha value is -3.16. The summed E-state index contributed by atoms with van der Waals surface area (Å²) in [6.45, 7) is 1.74. The van der Waals surface area contributed by atoms with Gasteiger partial charge in [0.15, 0.2) is 5.69 Å². The molecule has 7 nitrogen and oxygen atoms in total. The van der Waals surface area contributed by atoms with Crippen molar-refractivity contribution in [3.8, 4) is 0 Å². The van der Waals surface area contributed by atoms with Crippen LogP contribution in [0.2, 0.25) is 0 Å². The quantitative estimate of drug-likeness (QED) is 0.461. The third kappa shape index (κ3) is 4.62. The van der Waals surface area contributed by atoms with Crippen LogP contribution < -0.4 is 11.1 Å². The fourth-order valence-electron chi connectivity index (χ4n) is 3.74. The molecule has 2 amide bonds. The van der Waals surface area contributed by atoms with Gasteiger partial charge in [0, 0.05) is 54.4 Å². The number of nitrogens with one attached hydrogen (secondary N) is 1. The van der Waals surface area contributed by atoms with Gasteiger partial charge < -0.3 is 15.8 Å². The number of amides is 2. The van der Waals surface area contributed by atoms with E-state index in [2.05, 4.69) is 10.3 Å². The van der Waals surface area contributed by atoms with Gasteiger partial charge in [-0.1, -0.05) is 24.3 Å². The van der Waals surface area contributed by atoms with Crippen LogP contribution in [-0.4, -0.2) is 41.0 Å². The topological polar surface area (TPSA) is 97.6 Å². The normalized spacial score (nSPS) is 14.4. The first-order valence-electron chi connectivity index (χ1n) is 10.1. The molecule has 2 heterocycles. The van der Waals surface area contributed by atoms with Gasteiger partial charge in [-0.3, -0.25) is 9.59 Å². The molecule has 31 heavy (non-hydrogen) atoms. The minimum absolute atomic E-state index is 0.0951. The van der Waals surface area contributed by atoms with Crippen LogP contribution in [0, 0.1) is 5.92 Å². The van der Waals surface area contributed by atoms with Crippen molar-refractivity contribution in [3.63, 3.8) is 0 Å². The third-order valence-electron chi connectivity index (χ3n) is 5.44. The average Bonchev–Trinajstić information content (AvgIpc) is 2.80. The van der Waals surface area contributed by atoms with Gasteiger partial charge in [0.2, 0.25) is 0 Å². The maximum atomic E-state index is 13.0. The number of halogens is 1. The van der Waals surface area contributed by atoms with Crippen LogP contribution in [0.1, 0.15) is 33.7 Å². The van der Waals surface area contributed by atoms with Crippen molar-refractivity contribution in [1.82, 2.24) is 9.40 Å². The zero-order chi connectivity index (χ0) is 21.8. The number of aromatic nitrogens is 1. The number of nitrogen functional groups attached to an aromatic ring is 1. The molecule has 3 aromatic rings. The Bertz CT molecular complexity index is 1110. The fourth-order valence-corrected chi connectivity index (χ4v) is 4.02. The number of nitrogens with zero attached hydrogens (tertiary/aromatic N) is 2. The lowest BCUT2D eigenvalue weighted by atomic mass is 10.0. The molecule has 1 aromatic heterocycles. The first-order valence-corrected chi connectivity index (χ1v) is 10.5. The van der Waals surface area contributed by atoms with Crippen LogP contribution in [0.25, 0.3) is 10.8 Å². The van der Waals surface area contributed by atoms with Gasteiger partial charge in [-0.15, -0.1) is 0 Å². The second-order valence-corrected chi connectivity index (χ2v) is 7.92. The summed E-state index contributed by atoms with van der Waals surface area (Å²) in [6, 6.07) is 14.1. The Balaban J connectivity index is 1.56. The number of benzene rings is 2. The molecule has 1 aliphatic rings. The largest absolute Gasteiger partial charge is 0.398 e. The van der Waals surface area contributed by atoms with E-state index < -0.39 is 5.91 Å². The maximum Gasteiger partial charge on any atom is 0.288 e. The summed E-state index contributed by atoms with van der Waals surface area (Å²) in [5.74, 6) is -0.534. The smallest absolute Gasteiger partial charge is 0.288 e. The standard InChI is InChI=1S/C23H23ClN4O3/c24-28(14-15-9-12-31-13-10-15)23(30)21-20(6-3-11-26-21)27-22(29)18-7-8-19(25)17-5-2-1-4-16(17)18/h1-8,11,15H,9-10,12-14,25H2,(H,27,29). The Morgan fingerprint density at radius 1 is 1.10 bits per heavy atom. The minimum atomic E-state index is -0.453. The Kier molecular flexibility index (Phi) is 6.34. The summed E-state index contributed by atoms with van der Waals surface area (Å²) < 4.78 is 6.50. The lowest BCUT2D eigenvalue weighted by molar-refractivity contribution is 0.0562. The van der Waals surface area contributed by atoms with E-state index in [0.29, 0.717) is 36.7 Å². The van der Waals surface area contributed by atoms with E-state index in [9.17, 15) is 9.59 Å². The minimum Gasteiger partial charge on any atom is -0.398 e. The second kappa shape index (κ2) is 9.32. The molecule has 0 atom stereocenters. The Morgan fingerprint density at radius 3 is 2.61 bits per heavy atom. The molecule has 1 aliphatic heterocycles. The van der Waals surface area contributed by atoms with Crippen LogP contribution >= 0.6 is 11.8 Å². The molecule has 4 rings (SSSR count). The average molecular weight is 439 g/mol. The van der Waals surface area contributed by atoms with Crippen LogP contribution in [-0.2, 0) is 4.74 Å². The number of hydrogen-bond acceptors (Lipinski definition) is 5. The highest BCUT2D eigenvalue weighted by Crippen LogP contribution is 2.26. The molecule has 0 aliphatic carbocycles. The summed E-state index contributed by atoms with van der Waals surface area (Å²) in [5.41, 5.74) is 7.48. The zero-order valence-electron chi connectivity index (χ0n) is 16.9. The zero-order valence-corrected chi connectivity index (χ0v) is 17.6. The van der Waals surface area contributed by atoms with Crippen molar-refractivity contribution < 1.29 is 14.3 Å². The van der Waals surface area contributed by atoms with Gasteiger partial charge >= 0.3 is 0 Å². The molecule has 8 heteroatoms. The van der Waals surface area contributed by atoms with E-state index in [0.717, 1.165) is 28.0 Å². The van der Waals surface area contributed by atoms with E-state index in [1.165, 1.54) is 6.20 Å². The van der Waals surface area contributed by atoms with Crippen molar-refractivity contribution in [2.24, 2.45) is 5.92 Å². The van der Waals surface area contributed by atoms with Gasteiger partial charge in [0.1, 0.15) is 0 Å². The summed E-state index contributed by atoms with van der Waals surface area (Å²) in [6.07, 6.45) is 3.21. The molecule has 0 unspecified atom stereocenters. The predicted octanol–water partition coefficient (Wildman–Crippen LogP) is 4.09. The van der Waals surface area contributed by atoms with Crippen molar-refractivity contribution in [3.05, 3.63) is 66.0 Å². The first kappa shape index (κ1) is 21.1. The van der Waals surface area contributed by atoms with Crippen molar-refractivity contribution in [2.75, 3.05) is 30.8 Å². The number of hydrogen-bond donors (Lipinski definition) is 2. The lowest BCUT2D eigenvalue weighted by Crippen LogP contribution is -2.31. The highest BCUT2D eigenvalue weighted by molar-refractivity contribution is 6.25. The lowest BCUT2D eigenvalue weighted by Gasteiger charge is -2.25. The van der Waals surface area contributed by atoms with Gasteiger partial charge in [0.25, 0.3) is 11.8 Å². The SMILES string of the molecule is Nc1ccc(C(=O)Nc2cccnc2C(=O)N(Cl)CC2CCOCC2)c2ccccc12. The summed E-state index contributed by atoms with van der Waals surface area (Å²) in [5, 5.41) is 4.33. The van der Waals surface area contributed by atoms with Gasteiger partial charge in [0.05, 0.1) is 5.69 Å². The van der Waals surface area contributed by atoms with Crippen LogP contribution in [0.5, 0.6) is 0 Å². The summed E-state index contributed by atoms with van der Waals surface area (Å²) in [4.78, 5) is 30.2. The van der Waals surface area contributed by atoms with Crippen molar-refractivity contribution in [2.45, 2.75) is 12.8 Å². The molecule has 160 valence electrons. The maximum absolute atomic E-state index is 13.0. The molecule has 0 bridgehead atoms. The molecule has 1 fully saturated rings. The molecule has 1 saturated heterocycles. The molecular formula is C23H23ClN4O3. The van der Waals surface area contributed by atoms with E-state index in [1.807, 2.05) is 24.3 Å². The number of fused-ring (bicyclic) bond motifs is 1. The number of pyridine rings is 1. The van der Waals surface area contributed by atoms with E-state index in [4.69, 9.17) is 22.2 Å². The van der Waals surface area contributed by atoms with Gasteiger partial charge in [-0.05, 0) is 48.4 Å². The molecule has 0 radical (unpaired) electrons. The Morgan fingerprint density at radius 2 is 1.84 bits per heavy atom. The molecule has 2 aromatic carbocycles. The molecule has 3 N–H and O–H groups in total. The number of anilines is 2. The molecule has 0 saturated carbocycles. The fraction of sp³-hybridized carbons (Fsp3) is 0.261. The number of ether oxygens (including phenoxy) is 1. The number of carbonyl (C=O) groups excluding carboxylic acids is 2. The van der Waals surface area contributed by atoms with E-state index >= 15 is 0 Å². The van der Waals surface area contributed by atoms with Gasteiger partial charge in [-0.2, -0.15) is 0 Å². The van der Waals surface area contributed by atoms with E-state index in [1.54, 1.807) is 24.3 Å². The molecular weight excluding hydrogens is 416 g/mol. The Labute approximate surface area is 185 Å². The van der Waals surface area contributed by atoms with Crippen molar-refractivity contribution in [1.29, 1.82) is 0 Å². The number of carbonyl (C=O) groups is 2. The molecule has 0 spiro atoms. The van der Waals surface area contributed by atoms with Crippen molar-refractivity contribution >= 4 is 45.7 Å². The van der Waals surface area contributed by atoms with E-state index in [-0.39, 0.29) is 17.5 Å². The number of rotatable bonds is 5. The highest BCUT2D eigenvalue weighted by Gasteiger charge is 2.24. The van der Waals surface area contributed by atoms with Gasteiger partial charge in [-0.25, -0.2) is 9.40 Å². The first-order chi connectivity index (χ1) is 15.0. The number of nitrogens with two attached hydrogens (primary N) is 1. The second-order valence-electron chi connectivity index (χ2n) is 7.51. The highest BCUT2D eigenvalue weighted by atomic mass is 35.5. The van der Waals surface area contributed by atoms with Crippen LogP contribution in [0.4, 0.5) is 11.4 Å². The summed E-state index contributed by atoms with van der Waals surface area (Å²) >= 11 is 6.30. The predicted molar refractivity (Wildman–Crippen MR) is 121 cm³/mol. The van der Waals surface area contributed by atoms with Crippen LogP contribution in [0.3, 0.4) is 0 Å². The monoisotopic (exact) mass is 438 g/mol. The third-order valence-corrected chi connectivity index (χ3v) is 5.73. The van der Waals surface area contributed by atoms with Crippen LogP contribution in [0.15, 0.2) is 54.7 Å². The summed E-state index contributed by atoms with van der Waals surface area (Å²) in [7, 11) is 0.